The zero-order valence-corrected chi connectivity index (χ0v) is 11.9. The number of hydrogen-bond acceptors (Lipinski definition) is 2. The molecule has 0 unspecified atom stereocenters. The van der Waals surface area contributed by atoms with Crippen LogP contribution in [0.3, 0.4) is 0 Å². The van der Waals surface area contributed by atoms with Crippen molar-refractivity contribution >= 4 is 0 Å². The summed E-state index contributed by atoms with van der Waals surface area (Å²) in [4.78, 5) is 0. The smallest absolute Gasteiger partial charge is 0.122 e. The summed E-state index contributed by atoms with van der Waals surface area (Å²) in [6.07, 6.45) is 3.32. The number of nitrogens with one attached hydrogen (secondary N) is 1. The molecule has 0 bridgehead atoms. The molecular weight excluding hydrogens is 246 g/mol. The molecule has 20 heavy (non-hydrogen) atoms. The number of rotatable bonds is 5. The molecule has 0 saturated carbocycles. The highest BCUT2D eigenvalue weighted by Crippen LogP contribution is 2.22. The van der Waals surface area contributed by atoms with Gasteiger partial charge in [-0.2, -0.15) is 0 Å². The summed E-state index contributed by atoms with van der Waals surface area (Å²) in [5.74, 6) is 0.990. The van der Waals surface area contributed by atoms with Crippen LogP contribution in [0.25, 0.3) is 0 Å². The SMILES string of the molecule is COc1ccccc1CCNC1Cc2ccccc2C1. The average molecular weight is 267 g/mol. The van der Waals surface area contributed by atoms with Crippen LogP contribution in [0.2, 0.25) is 0 Å². The molecule has 0 amide bonds. The normalized spacial score (nSPS) is 14.2. The molecule has 3 rings (SSSR count). The molecule has 2 heteroatoms. The lowest BCUT2D eigenvalue weighted by Gasteiger charge is -2.13. The van der Waals surface area contributed by atoms with Crippen LogP contribution < -0.4 is 10.1 Å². The van der Waals surface area contributed by atoms with Crippen LogP contribution in [-0.4, -0.2) is 19.7 Å². The third-order valence-corrected chi connectivity index (χ3v) is 4.07. The number of para-hydroxylation sites is 1. The third kappa shape index (κ3) is 2.86. The van der Waals surface area contributed by atoms with E-state index in [9.17, 15) is 0 Å². The summed E-state index contributed by atoms with van der Waals surface area (Å²) in [7, 11) is 1.74. The van der Waals surface area contributed by atoms with Crippen LogP contribution in [-0.2, 0) is 19.3 Å². The highest BCUT2D eigenvalue weighted by Gasteiger charge is 2.19. The van der Waals surface area contributed by atoms with Crippen molar-refractivity contribution in [1.29, 1.82) is 0 Å². The molecule has 0 radical (unpaired) electrons. The van der Waals surface area contributed by atoms with Gasteiger partial charge in [-0.25, -0.2) is 0 Å². The summed E-state index contributed by atoms with van der Waals surface area (Å²) in [6, 6.07) is 17.6. The van der Waals surface area contributed by atoms with E-state index in [1.165, 1.54) is 16.7 Å². The second-order valence-corrected chi connectivity index (χ2v) is 5.39. The van der Waals surface area contributed by atoms with Gasteiger partial charge in [-0.15, -0.1) is 0 Å². The van der Waals surface area contributed by atoms with E-state index in [-0.39, 0.29) is 0 Å². The maximum absolute atomic E-state index is 5.39. The molecule has 0 atom stereocenters. The first-order chi connectivity index (χ1) is 9.86. The van der Waals surface area contributed by atoms with Crippen molar-refractivity contribution < 1.29 is 4.74 Å². The Balaban J connectivity index is 1.52. The molecule has 0 heterocycles. The molecule has 1 aliphatic carbocycles. The van der Waals surface area contributed by atoms with Crippen molar-refractivity contribution in [2.45, 2.75) is 25.3 Å². The maximum Gasteiger partial charge on any atom is 0.122 e. The molecule has 0 spiro atoms. The van der Waals surface area contributed by atoms with E-state index in [4.69, 9.17) is 4.74 Å². The minimum atomic E-state index is 0.585. The summed E-state index contributed by atoms with van der Waals surface area (Å²) in [6.45, 7) is 0.999. The van der Waals surface area contributed by atoms with Crippen molar-refractivity contribution in [2.75, 3.05) is 13.7 Å². The molecule has 0 aliphatic heterocycles. The minimum absolute atomic E-state index is 0.585. The highest BCUT2D eigenvalue weighted by molar-refractivity contribution is 5.34. The first kappa shape index (κ1) is 13.2. The largest absolute Gasteiger partial charge is 0.496 e. The minimum Gasteiger partial charge on any atom is -0.496 e. The van der Waals surface area contributed by atoms with Gasteiger partial charge in [-0.05, 0) is 48.6 Å². The summed E-state index contributed by atoms with van der Waals surface area (Å²) >= 11 is 0. The van der Waals surface area contributed by atoms with Gasteiger partial charge >= 0.3 is 0 Å². The first-order valence-corrected chi connectivity index (χ1v) is 7.29. The monoisotopic (exact) mass is 267 g/mol. The molecule has 0 fully saturated rings. The number of ether oxygens (including phenoxy) is 1. The molecule has 0 aromatic heterocycles. The summed E-state index contributed by atoms with van der Waals surface area (Å²) < 4.78 is 5.39. The van der Waals surface area contributed by atoms with Crippen molar-refractivity contribution in [3.8, 4) is 5.75 Å². The number of hydrogen-bond donors (Lipinski definition) is 1. The lowest BCUT2D eigenvalue weighted by Crippen LogP contribution is -2.31. The zero-order chi connectivity index (χ0) is 13.8. The Morgan fingerprint density at radius 3 is 2.35 bits per heavy atom. The van der Waals surface area contributed by atoms with Gasteiger partial charge in [0, 0.05) is 6.04 Å². The van der Waals surface area contributed by atoms with Crippen LogP contribution in [0.5, 0.6) is 5.75 Å². The molecule has 104 valence electrons. The van der Waals surface area contributed by atoms with Gasteiger partial charge in [0.05, 0.1) is 7.11 Å². The molecule has 2 aromatic rings. The van der Waals surface area contributed by atoms with Crippen molar-refractivity contribution in [2.24, 2.45) is 0 Å². The standard InChI is InChI=1S/C18H21NO/c1-20-18-9-5-4-6-14(18)10-11-19-17-12-15-7-2-3-8-16(15)13-17/h2-9,17,19H,10-13H2,1H3. The second-order valence-electron chi connectivity index (χ2n) is 5.39. The van der Waals surface area contributed by atoms with E-state index >= 15 is 0 Å². The Morgan fingerprint density at radius 2 is 1.65 bits per heavy atom. The lowest BCUT2D eigenvalue weighted by atomic mass is 10.1. The molecule has 1 N–H and O–H groups in total. The van der Waals surface area contributed by atoms with Gasteiger partial charge in [-0.3, -0.25) is 0 Å². The van der Waals surface area contributed by atoms with Gasteiger partial charge in [0.15, 0.2) is 0 Å². The summed E-state index contributed by atoms with van der Waals surface area (Å²) in [5.41, 5.74) is 4.28. The molecule has 2 nitrogen and oxygen atoms in total. The third-order valence-electron chi connectivity index (χ3n) is 4.07. The number of fused-ring (bicyclic) bond motifs is 1. The fraction of sp³-hybridized carbons (Fsp3) is 0.333. The predicted octanol–water partition coefficient (Wildman–Crippen LogP) is 2.99. The molecular formula is C18H21NO. The van der Waals surface area contributed by atoms with E-state index < -0.39 is 0 Å². The lowest BCUT2D eigenvalue weighted by molar-refractivity contribution is 0.408. The van der Waals surface area contributed by atoms with Gasteiger partial charge in [-0.1, -0.05) is 42.5 Å². The fourth-order valence-corrected chi connectivity index (χ4v) is 3.02. The Hall–Kier alpha value is -1.80. The van der Waals surface area contributed by atoms with E-state index in [0.29, 0.717) is 6.04 Å². The van der Waals surface area contributed by atoms with Crippen LogP contribution >= 0.6 is 0 Å². The zero-order valence-electron chi connectivity index (χ0n) is 11.9. The first-order valence-electron chi connectivity index (χ1n) is 7.29. The summed E-state index contributed by atoms with van der Waals surface area (Å²) in [5, 5.41) is 3.67. The number of methoxy groups -OCH3 is 1. The van der Waals surface area contributed by atoms with E-state index in [2.05, 4.69) is 41.7 Å². The van der Waals surface area contributed by atoms with Gasteiger partial charge in [0.25, 0.3) is 0 Å². The quantitative estimate of drug-likeness (QED) is 0.899. The van der Waals surface area contributed by atoms with Crippen molar-refractivity contribution in [3.63, 3.8) is 0 Å². The van der Waals surface area contributed by atoms with E-state index in [1.807, 2.05) is 12.1 Å². The Kier molecular flexibility index (Phi) is 4.03. The molecule has 1 aliphatic rings. The van der Waals surface area contributed by atoms with Gasteiger partial charge in [0.1, 0.15) is 5.75 Å². The predicted molar refractivity (Wildman–Crippen MR) is 82.3 cm³/mol. The molecule has 2 aromatic carbocycles. The van der Waals surface area contributed by atoms with Crippen LogP contribution in [0.15, 0.2) is 48.5 Å². The van der Waals surface area contributed by atoms with E-state index in [1.54, 1.807) is 7.11 Å². The number of benzene rings is 2. The topological polar surface area (TPSA) is 21.3 Å². The second kappa shape index (κ2) is 6.10. The van der Waals surface area contributed by atoms with Crippen molar-refractivity contribution in [1.82, 2.24) is 5.32 Å². The van der Waals surface area contributed by atoms with Crippen molar-refractivity contribution in [3.05, 3.63) is 65.2 Å². The van der Waals surface area contributed by atoms with Gasteiger partial charge in [0.2, 0.25) is 0 Å². The average Bonchev–Trinajstić information content (AvgIpc) is 2.90. The highest BCUT2D eigenvalue weighted by atomic mass is 16.5. The Bertz CT molecular complexity index is 554. The van der Waals surface area contributed by atoms with E-state index in [0.717, 1.165) is 31.6 Å². The Labute approximate surface area is 120 Å². The fourth-order valence-electron chi connectivity index (χ4n) is 3.02. The molecule has 0 saturated heterocycles. The van der Waals surface area contributed by atoms with Gasteiger partial charge < -0.3 is 10.1 Å². The van der Waals surface area contributed by atoms with Crippen LogP contribution in [0.1, 0.15) is 16.7 Å². The Morgan fingerprint density at radius 1 is 1.00 bits per heavy atom. The maximum atomic E-state index is 5.39. The van der Waals surface area contributed by atoms with Crippen LogP contribution in [0.4, 0.5) is 0 Å². The van der Waals surface area contributed by atoms with Crippen LogP contribution in [0, 0.1) is 0 Å².